The van der Waals surface area contributed by atoms with Gasteiger partial charge in [-0.05, 0) is 43.8 Å². The Morgan fingerprint density at radius 2 is 1.88 bits per heavy atom. The number of benzene rings is 1. The van der Waals surface area contributed by atoms with Gasteiger partial charge in [0.15, 0.2) is 12.1 Å². The highest BCUT2D eigenvalue weighted by Gasteiger charge is 2.55. The Morgan fingerprint density at radius 1 is 1.12 bits per heavy atom. The zero-order valence-electron chi connectivity index (χ0n) is 14.8. The van der Waals surface area contributed by atoms with Crippen molar-refractivity contribution in [3.63, 3.8) is 0 Å². The van der Waals surface area contributed by atoms with Crippen LogP contribution in [0.4, 0.5) is 0 Å². The van der Waals surface area contributed by atoms with Gasteiger partial charge >= 0.3 is 0 Å². The number of rotatable bonds is 5. The molecule has 0 aliphatic carbocycles. The number of hydrogen-bond donors (Lipinski definition) is 0. The van der Waals surface area contributed by atoms with Crippen LogP contribution in [0.3, 0.4) is 0 Å². The van der Waals surface area contributed by atoms with E-state index in [4.69, 9.17) is 18.9 Å². The van der Waals surface area contributed by atoms with E-state index < -0.39 is 5.79 Å². The molecule has 0 spiro atoms. The van der Waals surface area contributed by atoms with Crippen molar-refractivity contribution in [3.05, 3.63) is 35.9 Å². The molecular weight excluding hydrogens is 356 g/mol. The molecule has 3 aliphatic heterocycles. The summed E-state index contributed by atoms with van der Waals surface area (Å²) >= 11 is 4.08. The van der Waals surface area contributed by atoms with E-state index in [0.29, 0.717) is 11.2 Å². The Hall–Kier alpha value is -0.240. The normalized spacial score (nSPS) is 35.0. The van der Waals surface area contributed by atoms with E-state index in [0.717, 1.165) is 6.42 Å². The molecule has 4 rings (SSSR count). The highest BCUT2D eigenvalue weighted by Crippen LogP contribution is 2.43. The average Bonchev–Trinajstić information content (AvgIpc) is 3.06. The first kappa shape index (κ1) is 18.1. The number of hydrogen-bond acceptors (Lipinski definition) is 6. The molecule has 3 saturated heterocycles. The summed E-state index contributed by atoms with van der Waals surface area (Å²) in [6.07, 6.45) is 1.75. The number of ether oxygens (including phenoxy) is 4. The van der Waals surface area contributed by atoms with Gasteiger partial charge < -0.3 is 18.9 Å². The van der Waals surface area contributed by atoms with E-state index in [9.17, 15) is 0 Å². The first-order valence-corrected chi connectivity index (χ1v) is 11.1. The van der Waals surface area contributed by atoms with Crippen molar-refractivity contribution in [3.8, 4) is 0 Å². The molecular formula is C19H26O4S2. The van der Waals surface area contributed by atoms with E-state index in [2.05, 4.69) is 12.1 Å². The van der Waals surface area contributed by atoms with Gasteiger partial charge in [0, 0.05) is 0 Å². The van der Waals surface area contributed by atoms with Crippen LogP contribution >= 0.6 is 23.5 Å². The predicted octanol–water partition coefficient (Wildman–Crippen LogP) is 4.03. The van der Waals surface area contributed by atoms with Crippen molar-refractivity contribution in [2.45, 2.75) is 68.3 Å². The van der Waals surface area contributed by atoms with Crippen LogP contribution < -0.4 is 0 Å². The molecule has 0 unspecified atom stereocenters. The van der Waals surface area contributed by atoms with Crippen molar-refractivity contribution in [1.82, 2.24) is 0 Å². The standard InChI is InChI=1S/C19H26O4S2/c1-19(2)22-17-16(20-12-13-7-4-3-5-8-13)14(21-18(17)23-19)11-15-24-9-6-10-25-15/h3-5,7-8,14-18H,6,9-12H2,1-2H3/t14-,16-,17-,18-/m1/s1. The Labute approximate surface area is 158 Å². The van der Waals surface area contributed by atoms with Gasteiger partial charge in [0.05, 0.1) is 17.3 Å². The first-order chi connectivity index (χ1) is 12.1. The Morgan fingerprint density at radius 3 is 2.64 bits per heavy atom. The topological polar surface area (TPSA) is 36.9 Å². The number of fused-ring (bicyclic) bond motifs is 1. The fraction of sp³-hybridized carbons (Fsp3) is 0.684. The molecule has 6 heteroatoms. The fourth-order valence-electron chi connectivity index (χ4n) is 3.57. The molecule has 0 aromatic heterocycles. The average molecular weight is 383 g/mol. The lowest BCUT2D eigenvalue weighted by molar-refractivity contribution is -0.219. The Kier molecular flexibility index (Phi) is 5.65. The molecule has 0 N–H and O–H groups in total. The fourth-order valence-corrected chi connectivity index (χ4v) is 6.51. The minimum atomic E-state index is -0.608. The van der Waals surface area contributed by atoms with E-state index in [1.54, 1.807) is 0 Å². The maximum Gasteiger partial charge on any atom is 0.190 e. The summed E-state index contributed by atoms with van der Waals surface area (Å²) < 4.78 is 25.1. The van der Waals surface area contributed by atoms with Crippen molar-refractivity contribution < 1.29 is 18.9 Å². The predicted molar refractivity (Wildman–Crippen MR) is 102 cm³/mol. The maximum absolute atomic E-state index is 6.30. The molecule has 0 saturated carbocycles. The highest BCUT2D eigenvalue weighted by molar-refractivity contribution is 8.17. The molecule has 0 bridgehead atoms. The van der Waals surface area contributed by atoms with Gasteiger partial charge in [-0.1, -0.05) is 30.3 Å². The molecule has 0 radical (unpaired) electrons. The summed E-state index contributed by atoms with van der Waals surface area (Å²) in [4.78, 5) is 0. The van der Waals surface area contributed by atoms with Gasteiger partial charge in [0.25, 0.3) is 0 Å². The molecule has 3 heterocycles. The van der Waals surface area contributed by atoms with Gasteiger partial charge in [-0.3, -0.25) is 0 Å². The monoisotopic (exact) mass is 382 g/mol. The molecule has 1 aromatic carbocycles. The molecule has 25 heavy (non-hydrogen) atoms. The van der Waals surface area contributed by atoms with Crippen LogP contribution in [0.2, 0.25) is 0 Å². The van der Waals surface area contributed by atoms with Gasteiger partial charge in [0.1, 0.15) is 12.2 Å². The second kappa shape index (κ2) is 7.79. The van der Waals surface area contributed by atoms with Crippen molar-refractivity contribution >= 4 is 23.5 Å². The summed E-state index contributed by atoms with van der Waals surface area (Å²) in [6.45, 7) is 4.44. The van der Waals surface area contributed by atoms with Crippen molar-refractivity contribution in [2.24, 2.45) is 0 Å². The van der Waals surface area contributed by atoms with Gasteiger partial charge in [-0.15, -0.1) is 23.5 Å². The summed E-state index contributed by atoms with van der Waals surface area (Å²) in [7, 11) is 0. The minimum absolute atomic E-state index is 0.0258. The zero-order valence-corrected chi connectivity index (χ0v) is 16.4. The molecule has 138 valence electrons. The smallest absolute Gasteiger partial charge is 0.190 e. The third-order valence-electron chi connectivity index (χ3n) is 4.69. The zero-order chi connectivity index (χ0) is 17.3. The van der Waals surface area contributed by atoms with Crippen molar-refractivity contribution in [2.75, 3.05) is 11.5 Å². The van der Waals surface area contributed by atoms with Crippen LogP contribution in [0.15, 0.2) is 30.3 Å². The van der Waals surface area contributed by atoms with Crippen LogP contribution in [-0.4, -0.2) is 46.5 Å². The second-order valence-corrected chi connectivity index (χ2v) is 10.1. The van der Waals surface area contributed by atoms with Crippen LogP contribution in [0.1, 0.15) is 32.3 Å². The molecule has 3 fully saturated rings. The second-order valence-electron chi connectivity index (χ2n) is 7.16. The van der Waals surface area contributed by atoms with E-state index in [1.165, 1.54) is 23.5 Å². The summed E-state index contributed by atoms with van der Waals surface area (Å²) in [5, 5.41) is 0. The molecule has 1 aromatic rings. The Balaban J connectivity index is 1.43. The first-order valence-electron chi connectivity index (χ1n) is 9.00. The van der Waals surface area contributed by atoms with Gasteiger partial charge in [0.2, 0.25) is 0 Å². The lowest BCUT2D eigenvalue weighted by Crippen LogP contribution is -2.38. The lowest BCUT2D eigenvalue weighted by atomic mass is 10.1. The maximum atomic E-state index is 6.30. The van der Waals surface area contributed by atoms with Crippen LogP contribution in [0.5, 0.6) is 0 Å². The largest absolute Gasteiger partial charge is 0.368 e. The Bertz CT molecular complexity index is 562. The van der Waals surface area contributed by atoms with Crippen molar-refractivity contribution in [1.29, 1.82) is 0 Å². The third kappa shape index (κ3) is 4.37. The third-order valence-corrected chi connectivity index (χ3v) is 7.69. The van der Waals surface area contributed by atoms with E-state index >= 15 is 0 Å². The number of thioether (sulfide) groups is 2. The quantitative estimate of drug-likeness (QED) is 0.765. The molecule has 3 aliphatic rings. The molecule has 4 atom stereocenters. The SMILES string of the molecule is CC1(C)O[C@H]2O[C@H](CC3SCCCS3)[C@@H](OCc3ccccc3)[C@H]2O1. The highest BCUT2D eigenvalue weighted by atomic mass is 32.2. The van der Waals surface area contributed by atoms with Gasteiger partial charge in [-0.25, -0.2) is 0 Å². The van der Waals surface area contributed by atoms with E-state index in [-0.39, 0.29) is 24.6 Å². The molecule has 0 amide bonds. The minimum Gasteiger partial charge on any atom is -0.368 e. The summed E-state index contributed by atoms with van der Waals surface area (Å²) in [6, 6.07) is 10.3. The summed E-state index contributed by atoms with van der Waals surface area (Å²) in [5.41, 5.74) is 1.17. The lowest BCUT2D eigenvalue weighted by Gasteiger charge is -2.29. The van der Waals surface area contributed by atoms with Gasteiger partial charge in [-0.2, -0.15) is 0 Å². The van der Waals surface area contributed by atoms with E-state index in [1.807, 2.05) is 55.6 Å². The summed E-state index contributed by atoms with van der Waals surface area (Å²) in [5.74, 6) is 1.88. The molecule has 4 nitrogen and oxygen atoms in total. The van der Waals surface area contributed by atoms with Crippen LogP contribution in [0.25, 0.3) is 0 Å². The van der Waals surface area contributed by atoms with Crippen LogP contribution in [-0.2, 0) is 25.6 Å². The van der Waals surface area contributed by atoms with Crippen LogP contribution in [0, 0.1) is 0 Å².